The molecular formula is C31H34N2O5. The average Bonchev–Trinajstić information content (AvgIpc) is 3.23. The van der Waals surface area contributed by atoms with E-state index < -0.39 is 23.6 Å². The molecule has 3 aromatic carbocycles. The van der Waals surface area contributed by atoms with Gasteiger partial charge in [-0.15, -0.1) is 0 Å². The van der Waals surface area contributed by atoms with Crippen LogP contribution in [0.5, 0.6) is 0 Å². The summed E-state index contributed by atoms with van der Waals surface area (Å²) in [6.07, 6.45) is -0.781. The number of rotatable bonds is 8. The Balaban J connectivity index is 1.32. The van der Waals surface area contributed by atoms with Crippen LogP contribution < -0.4 is 10.6 Å². The standard InChI is InChI=1S/C31H34N2O5/c1-31(2,3)28(34)27(33-30(36)37-4)17-20-13-15-21(16-14-20)18-32-29(35)38-19-26-24-11-7-5-9-22(24)23-10-6-8-12-25(23)26/h5-16,26-27H,17-19H2,1-4H3,(H,32,35)(H,33,36)/t27-/m0/s1. The summed E-state index contributed by atoms with van der Waals surface area (Å²) in [7, 11) is 1.27. The molecule has 0 bridgehead atoms. The zero-order chi connectivity index (χ0) is 27.3. The van der Waals surface area contributed by atoms with Gasteiger partial charge in [-0.25, -0.2) is 9.59 Å². The predicted molar refractivity (Wildman–Crippen MR) is 146 cm³/mol. The van der Waals surface area contributed by atoms with Crippen LogP contribution in [0.4, 0.5) is 9.59 Å². The minimum absolute atomic E-state index is 0.00906. The number of ether oxygens (including phenoxy) is 2. The summed E-state index contributed by atoms with van der Waals surface area (Å²) in [6.45, 7) is 6.02. The average molecular weight is 515 g/mol. The Labute approximate surface area is 223 Å². The van der Waals surface area contributed by atoms with E-state index in [0.29, 0.717) is 13.0 Å². The maximum absolute atomic E-state index is 12.8. The number of alkyl carbamates (subject to hydrolysis) is 2. The summed E-state index contributed by atoms with van der Waals surface area (Å²) in [5, 5.41) is 5.46. The first-order valence-corrected chi connectivity index (χ1v) is 12.7. The molecule has 2 amide bonds. The van der Waals surface area contributed by atoms with E-state index in [4.69, 9.17) is 4.74 Å². The fraction of sp³-hybridized carbons (Fsp3) is 0.323. The van der Waals surface area contributed by atoms with Crippen molar-refractivity contribution in [2.45, 2.75) is 45.7 Å². The first kappa shape index (κ1) is 26.9. The van der Waals surface area contributed by atoms with Gasteiger partial charge in [0.15, 0.2) is 5.78 Å². The Bertz CT molecular complexity index is 1260. The first-order chi connectivity index (χ1) is 18.2. The Morgan fingerprint density at radius 3 is 1.92 bits per heavy atom. The maximum atomic E-state index is 12.8. The minimum Gasteiger partial charge on any atom is -0.453 e. The molecule has 7 nitrogen and oxygen atoms in total. The second kappa shape index (κ2) is 11.5. The molecule has 0 aromatic heterocycles. The van der Waals surface area contributed by atoms with E-state index in [1.165, 1.54) is 29.4 Å². The molecule has 2 N–H and O–H groups in total. The highest BCUT2D eigenvalue weighted by molar-refractivity contribution is 5.91. The summed E-state index contributed by atoms with van der Waals surface area (Å²) in [5.74, 6) is -0.0707. The van der Waals surface area contributed by atoms with Gasteiger partial charge in [0.1, 0.15) is 6.61 Å². The van der Waals surface area contributed by atoms with Crippen molar-refractivity contribution in [3.63, 3.8) is 0 Å². The Morgan fingerprint density at radius 1 is 0.816 bits per heavy atom. The molecule has 0 spiro atoms. The number of methoxy groups -OCH3 is 1. The van der Waals surface area contributed by atoms with Gasteiger partial charge < -0.3 is 20.1 Å². The van der Waals surface area contributed by atoms with Gasteiger partial charge in [-0.2, -0.15) is 0 Å². The molecule has 1 aliphatic carbocycles. The summed E-state index contributed by atoms with van der Waals surface area (Å²) >= 11 is 0. The van der Waals surface area contributed by atoms with Crippen LogP contribution in [0.25, 0.3) is 11.1 Å². The van der Waals surface area contributed by atoms with Gasteiger partial charge in [0.25, 0.3) is 0 Å². The molecule has 0 radical (unpaired) electrons. The molecule has 38 heavy (non-hydrogen) atoms. The van der Waals surface area contributed by atoms with Crippen LogP contribution in [0, 0.1) is 5.41 Å². The van der Waals surface area contributed by atoms with Crippen LogP contribution in [-0.2, 0) is 27.2 Å². The van der Waals surface area contributed by atoms with Gasteiger partial charge in [-0.05, 0) is 39.8 Å². The van der Waals surface area contributed by atoms with E-state index in [1.54, 1.807) is 0 Å². The molecule has 1 aliphatic rings. The number of hydrogen-bond donors (Lipinski definition) is 2. The highest BCUT2D eigenvalue weighted by Gasteiger charge is 2.31. The van der Waals surface area contributed by atoms with E-state index in [9.17, 15) is 14.4 Å². The number of benzene rings is 3. The molecule has 3 aromatic rings. The van der Waals surface area contributed by atoms with Crippen molar-refractivity contribution >= 4 is 18.0 Å². The summed E-state index contributed by atoms with van der Waals surface area (Å²) < 4.78 is 10.3. The van der Waals surface area contributed by atoms with Crippen LogP contribution in [0.1, 0.15) is 48.9 Å². The van der Waals surface area contributed by atoms with Crippen LogP contribution in [0.15, 0.2) is 72.8 Å². The van der Waals surface area contributed by atoms with Crippen molar-refractivity contribution in [3.05, 3.63) is 95.1 Å². The van der Waals surface area contributed by atoms with Crippen molar-refractivity contribution in [2.75, 3.05) is 13.7 Å². The zero-order valence-electron chi connectivity index (χ0n) is 22.2. The number of hydrogen-bond acceptors (Lipinski definition) is 5. The predicted octanol–water partition coefficient (Wildman–Crippen LogP) is 5.61. The van der Waals surface area contributed by atoms with Crippen molar-refractivity contribution in [1.82, 2.24) is 10.6 Å². The zero-order valence-corrected chi connectivity index (χ0v) is 22.2. The van der Waals surface area contributed by atoms with Crippen LogP contribution in [0.2, 0.25) is 0 Å². The molecule has 0 unspecified atom stereocenters. The number of ketones is 1. The van der Waals surface area contributed by atoms with Gasteiger partial charge in [-0.1, -0.05) is 93.6 Å². The smallest absolute Gasteiger partial charge is 0.407 e. The van der Waals surface area contributed by atoms with Gasteiger partial charge in [0.2, 0.25) is 0 Å². The van der Waals surface area contributed by atoms with Crippen LogP contribution in [0.3, 0.4) is 0 Å². The van der Waals surface area contributed by atoms with Crippen LogP contribution >= 0.6 is 0 Å². The molecule has 0 fully saturated rings. The van der Waals surface area contributed by atoms with Gasteiger partial charge in [-0.3, -0.25) is 4.79 Å². The second-order valence-electron chi connectivity index (χ2n) is 10.5. The fourth-order valence-corrected chi connectivity index (χ4v) is 4.79. The topological polar surface area (TPSA) is 93.7 Å². The second-order valence-corrected chi connectivity index (χ2v) is 10.5. The third-order valence-corrected chi connectivity index (χ3v) is 6.78. The summed E-state index contributed by atoms with van der Waals surface area (Å²) in [5.41, 5.74) is 5.87. The molecule has 1 atom stereocenters. The Morgan fingerprint density at radius 2 is 1.37 bits per heavy atom. The van der Waals surface area contributed by atoms with E-state index in [0.717, 1.165) is 11.1 Å². The number of amides is 2. The Kier molecular flexibility index (Phi) is 8.15. The van der Waals surface area contributed by atoms with E-state index in [2.05, 4.69) is 39.6 Å². The third kappa shape index (κ3) is 6.22. The molecule has 7 heteroatoms. The van der Waals surface area contributed by atoms with E-state index in [1.807, 2.05) is 69.3 Å². The fourth-order valence-electron chi connectivity index (χ4n) is 4.79. The monoisotopic (exact) mass is 514 g/mol. The lowest BCUT2D eigenvalue weighted by Gasteiger charge is -2.25. The third-order valence-electron chi connectivity index (χ3n) is 6.78. The SMILES string of the molecule is COC(=O)N[C@@H](Cc1ccc(CNC(=O)OCC2c3ccccc3-c3ccccc32)cc1)C(=O)C(C)(C)C. The molecule has 198 valence electrons. The van der Waals surface area contributed by atoms with Gasteiger partial charge >= 0.3 is 12.2 Å². The van der Waals surface area contributed by atoms with Crippen molar-refractivity contribution in [2.24, 2.45) is 5.41 Å². The number of Topliss-reactive ketones (excluding diaryl/α,β-unsaturated/α-hetero) is 1. The lowest BCUT2D eigenvalue weighted by molar-refractivity contribution is -0.128. The maximum Gasteiger partial charge on any atom is 0.407 e. The Hall–Kier alpha value is -4.13. The van der Waals surface area contributed by atoms with E-state index in [-0.39, 0.29) is 18.3 Å². The molecule has 0 heterocycles. The minimum atomic E-state index is -0.702. The number of fused-ring (bicyclic) bond motifs is 3. The molecular weight excluding hydrogens is 480 g/mol. The van der Waals surface area contributed by atoms with E-state index >= 15 is 0 Å². The summed E-state index contributed by atoms with van der Waals surface area (Å²) in [6, 6.07) is 23.3. The number of carbonyl (C=O) groups is 3. The summed E-state index contributed by atoms with van der Waals surface area (Å²) in [4.78, 5) is 37.1. The number of nitrogens with one attached hydrogen (secondary N) is 2. The van der Waals surface area contributed by atoms with Gasteiger partial charge in [0, 0.05) is 17.9 Å². The molecule has 0 saturated carbocycles. The largest absolute Gasteiger partial charge is 0.453 e. The number of carbonyl (C=O) groups excluding carboxylic acids is 3. The van der Waals surface area contributed by atoms with Crippen LogP contribution in [-0.4, -0.2) is 37.7 Å². The van der Waals surface area contributed by atoms with Crippen molar-refractivity contribution in [3.8, 4) is 11.1 Å². The highest BCUT2D eigenvalue weighted by Crippen LogP contribution is 2.44. The molecule has 0 aliphatic heterocycles. The van der Waals surface area contributed by atoms with Crippen molar-refractivity contribution < 1.29 is 23.9 Å². The van der Waals surface area contributed by atoms with Crippen molar-refractivity contribution in [1.29, 1.82) is 0 Å². The lowest BCUT2D eigenvalue weighted by Crippen LogP contribution is -2.46. The lowest BCUT2D eigenvalue weighted by atomic mass is 9.84. The first-order valence-electron chi connectivity index (χ1n) is 12.7. The normalized spacial score (nSPS) is 13.2. The molecule has 0 saturated heterocycles. The van der Waals surface area contributed by atoms with Gasteiger partial charge in [0.05, 0.1) is 13.2 Å². The molecule has 4 rings (SSSR count). The quantitative estimate of drug-likeness (QED) is 0.408. The highest BCUT2D eigenvalue weighted by atomic mass is 16.5.